The van der Waals surface area contributed by atoms with Gasteiger partial charge in [0.25, 0.3) is 0 Å². The van der Waals surface area contributed by atoms with E-state index >= 15 is 0 Å². The molecule has 12 heteroatoms. The average Bonchev–Trinajstić information content (AvgIpc) is 3.24. The van der Waals surface area contributed by atoms with E-state index in [0.29, 0.717) is 66.1 Å². The highest BCUT2D eigenvalue weighted by atomic mass is 16.5. The molecule has 0 fully saturated rings. The molecule has 0 radical (unpaired) electrons. The van der Waals surface area contributed by atoms with Crippen molar-refractivity contribution in [3.63, 3.8) is 0 Å². The number of hydrogen-bond acceptors (Lipinski definition) is 12. The zero-order valence-electron chi connectivity index (χ0n) is 33.4. The summed E-state index contributed by atoms with van der Waals surface area (Å²) in [5.74, 6) is -0.0750. The second-order valence-electron chi connectivity index (χ2n) is 13.8. The number of esters is 2. The van der Waals surface area contributed by atoms with Gasteiger partial charge in [0.2, 0.25) is 10.9 Å². The van der Waals surface area contributed by atoms with E-state index in [-0.39, 0.29) is 46.6 Å². The first-order valence-electron chi connectivity index (χ1n) is 18.5. The van der Waals surface area contributed by atoms with Crippen molar-refractivity contribution in [2.45, 2.75) is 38.9 Å². The Morgan fingerprint density at radius 2 is 0.776 bits per heavy atom. The van der Waals surface area contributed by atoms with Gasteiger partial charge in [0.1, 0.15) is 35.2 Å². The van der Waals surface area contributed by atoms with Crippen LogP contribution in [0.1, 0.15) is 45.7 Å². The number of ether oxygens (including phenoxy) is 8. The Bertz CT molecular complexity index is 2610. The Morgan fingerprint density at radius 1 is 0.448 bits per heavy atom. The molecule has 0 aromatic heterocycles. The molecule has 0 spiro atoms. The van der Waals surface area contributed by atoms with E-state index in [1.807, 2.05) is 0 Å². The quantitative estimate of drug-likeness (QED) is 0.0611. The van der Waals surface area contributed by atoms with Gasteiger partial charge in [0.15, 0.2) is 11.5 Å². The number of fused-ring (bicyclic) bond motifs is 2. The summed E-state index contributed by atoms with van der Waals surface area (Å²) in [6.07, 6.45) is -1.59. The molecule has 0 unspecified atom stereocenters. The summed E-state index contributed by atoms with van der Waals surface area (Å²) in [4.78, 5) is 56.3. The standard InChI is InChI=1S/C46H42O12/c1-23(57-45(49)25-15-11-9-12-16-25)19-27-33-34-28(20-24(2)58-46(50)26-17-13-10-14-18-26)44(56-8)42(48)38-32(54-6)22-30(52-4)36(40(34)38)35-29(51-3)21-31(53-5)37(39(33)35)41(47)43(27)55-7/h9-18,21-24H,19-20H2,1-8H3/t23-,24-/m1/s1. The zero-order chi connectivity index (χ0) is 41.4. The summed E-state index contributed by atoms with van der Waals surface area (Å²) in [6, 6.07) is 20.4. The van der Waals surface area contributed by atoms with Crippen LogP contribution in [0.5, 0.6) is 34.5 Å². The first-order valence-corrected chi connectivity index (χ1v) is 18.5. The van der Waals surface area contributed by atoms with Crippen molar-refractivity contribution in [1.82, 2.24) is 0 Å². The molecule has 0 saturated heterocycles. The molecular formula is C46H42O12. The highest BCUT2D eigenvalue weighted by molar-refractivity contribution is 6.38. The Morgan fingerprint density at radius 3 is 1.09 bits per heavy atom. The lowest BCUT2D eigenvalue weighted by molar-refractivity contribution is 0.0331. The normalized spacial score (nSPS) is 12.4. The van der Waals surface area contributed by atoms with Crippen molar-refractivity contribution < 1.29 is 47.5 Å². The monoisotopic (exact) mass is 786 g/mol. The van der Waals surface area contributed by atoms with Gasteiger partial charge in [-0.1, -0.05) is 36.4 Å². The first kappa shape index (κ1) is 39.4. The van der Waals surface area contributed by atoms with Gasteiger partial charge >= 0.3 is 11.9 Å². The van der Waals surface area contributed by atoms with Gasteiger partial charge in [-0.3, -0.25) is 9.59 Å². The van der Waals surface area contributed by atoms with Gasteiger partial charge in [-0.25, -0.2) is 9.59 Å². The lowest BCUT2D eigenvalue weighted by Gasteiger charge is -2.26. The third-order valence-electron chi connectivity index (χ3n) is 10.4. The van der Waals surface area contributed by atoms with Crippen LogP contribution in [0.4, 0.5) is 0 Å². The molecule has 58 heavy (non-hydrogen) atoms. The Kier molecular flexibility index (Phi) is 10.9. The second-order valence-corrected chi connectivity index (χ2v) is 13.8. The predicted molar refractivity (Wildman–Crippen MR) is 221 cm³/mol. The van der Waals surface area contributed by atoms with Crippen molar-refractivity contribution in [3.05, 3.63) is 115 Å². The lowest BCUT2D eigenvalue weighted by Crippen LogP contribution is -2.22. The maximum atomic E-state index is 14.8. The fourth-order valence-corrected chi connectivity index (χ4v) is 8.07. The minimum absolute atomic E-state index is 0.00140. The molecular weight excluding hydrogens is 744 g/mol. The maximum absolute atomic E-state index is 14.8. The molecule has 0 bridgehead atoms. The van der Waals surface area contributed by atoms with E-state index in [1.165, 1.54) is 42.7 Å². The highest BCUT2D eigenvalue weighted by Gasteiger charge is 2.34. The van der Waals surface area contributed by atoms with Crippen LogP contribution < -0.4 is 39.3 Å². The summed E-state index contributed by atoms with van der Waals surface area (Å²) in [6.45, 7) is 3.45. The van der Waals surface area contributed by atoms with Crippen LogP contribution >= 0.6 is 0 Å². The summed E-state index contributed by atoms with van der Waals surface area (Å²) in [5.41, 5.74) is 0.516. The number of methoxy groups -OCH3 is 6. The van der Waals surface area contributed by atoms with E-state index in [9.17, 15) is 19.2 Å². The smallest absolute Gasteiger partial charge is 0.338 e. The van der Waals surface area contributed by atoms with Gasteiger partial charge in [-0.15, -0.1) is 0 Å². The maximum Gasteiger partial charge on any atom is 0.338 e. The topological polar surface area (TPSA) is 142 Å². The molecule has 2 atom stereocenters. The number of rotatable bonds is 14. The van der Waals surface area contributed by atoms with Crippen LogP contribution in [-0.4, -0.2) is 66.8 Å². The molecule has 7 aromatic carbocycles. The van der Waals surface area contributed by atoms with Crippen molar-refractivity contribution >= 4 is 55.0 Å². The summed E-state index contributed by atoms with van der Waals surface area (Å²) < 4.78 is 47.6. The molecule has 7 aromatic rings. The summed E-state index contributed by atoms with van der Waals surface area (Å²) in [7, 11) is 8.67. The van der Waals surface area contributed by atoms with Gasteiger partial charge in [0.05, 0.1) is 64.6 Å². The molecule has 0 aliphatic carbocycles. The summed E-state index contributed by atoms with van der Waals surface area (Å²) in [5, 5.41) is 3.07. The van der Waals surface area contributed by atoms with Crippen molar-refractivity contribution in [1.29, 1.82) is 0 Å². The molecule has 0 amide bonds. The number of carbonyl (C=O) groups is 2. The number of hydrogen-bond donors (Lipinski definition) is 0. The molecule has 298 valence electrons. The highest BCUT2D eigenvalue weighted by Crippen LogP contribution is 2.54. The van der Waals surface area contributed by atoms with E-state index in [1.54, 1.807) is 86.6 Å². The van der Waals surface area contributed by atoms with Crippen LogP contribution in [-0.2, 0) is 22.3 Å². The van der Waals surface area contributed by atoms with E-state index < -0.39 is 35.0 Å². The molecule has 12 nitrogen and oxygen atoms in total. The third-order valence-corrected chi connectivity index (χ3v) is 10.4. The molecule has 7 rings (SSSR count). The largest absolute Gasteiger partial charge is 0.496 e. The van der Waals surface area contributed by atoms with Gasteiger partial charge in [-0.2, -0.15) is 0 Å². The third kappa shape index (κ3) is 6.44. The fourth-order valence-electron chi connectivity index (χ4n) is 8.07. The van der Waals surface area contributed by atoms with Crippen LogP contribution in [0.3, 0.4) is 0 Å². The Hall–Kier alpha value is -6.82. The molecule has 0 heterocycles. The first-order chi connectivity index (χ1) is 28.0. The fraction of sp³-hybridized carbons (Fsp3) is 0.261. The molecule has 0 aliphatic heterocycles. The van der Waals surface area contributed by atoms with Gasteiger partial charge in [0, 0.05) is 57.6 Å². The lowest BCUT2D eigenvalue weighted by atomic mass is 9.81. The minimum Gasteiger partial charge on any atom is -0.496 e. The number of carbonyl (C=O) groups excluding carboxylic acids is 2. The van der Waals surface area contributed by atoms with Crippen LogP contribution in [0, 0.1) is 0 Å². The van der Waals surface area contributed by atoms with E-state index in [0.717, 1.165) is 0 Å². The van der Waals surface area contributed by atoms with Crippen molar-refractivity contribution in [2.24, 2.45) is 0 Å². The van der Waals surface area contributed by atoms with Crippen molar-refractivity contribution in [3.8, 4) is 34.5 Å². The predicted octanol–water partition coefficient (Wildman–Crippen LogP) is 7.52. The second kappa shape index (κ2) is 16.0. The Labute approximate surface area is 333 Å². The van der Waals surface area contributed by atoms with E-state index in [2.05, 4.69) is 0 Å². The van der Waals surface area contributed by atoms with Crippen LogP contribution in [0.15, 0.2) is 82.4 Å². The van der Waals surface area contributed by atoms with E-state index in [4.69, 9.17) is 37.9 Å². The summed E-state index contributed by atoms with van der Waals surface area (Å²) >= 11 is 0. The molecule has 0 aliphatic rings. The average molecular weight is 787 g/mol. The molecule has 0 N–H and O–H groups in total. The minimum atomic E-state index is -0.794. The van der Waals surface area contributed by atoms with Crippen LogP contribution in [0.2, 0.25) is 0 Å². The van der Waals surface area contributed by atoms with Crippen LogP contribution in [0.25, 0.3) is 43.1 Å². The van der Waals surface area contributed by atoms with Crippen molar-refractivity contribution in [2.75, 3.05) is 42.7 Å². The molecule has 0 saturated carbocycles. The number of benzene rings is 7. The zero-order valence-corrected chi connectivity index (χ0v) is 33.4. The van der Waals surface area contributed by atoms with Gasteiger partial charge in [-0.05, 0) is 48.9 Å². The SMILES string of the molecule is COc1c(C[C@@H](C)OC(=O)c2ccccc2)c2c3c(C[C@@H](C)OC(=O)c4ccccc4)c(OC)c(=O)c4c(OC)cc(OC)c(c5c(OC)cc(OC)c(c1=O)c52)c43. The Balaban J connectivity index is 1.67. The van der Waals surface area contributed by atoms with Gasteiger partial charge < -0.3 is 37.9 Å².